The topological polar surface area (TPSA) is 43.9 Å². The van der Waals surface area contributed by atoms with Gasteiger partial charge in [-0.05, 0) is 37.6 Å². The Bertz CT molecular complexity index is 599. The van der Waals surface area contributed by atoms with Crippen molar-refractivity contribution in [2.45, 2.75) is 38.6 Å². The number of carbonyl (C=O) groups excluding carboxylic acids is 2. The summed E-state index contributed by atoms with van der Waals surface area (Å²) in [6, 6.07) is 8.21. The molecule has 130 valence electrons. The van der Waals surface area contributed by atoms with Crippen LogP contribution in [0, 0.1) is 0 Å². The predicted molar refractivity (Wildman–Crippen MR) is 95.0 cm³/mol. The minimum atomic E-state index is 0.196. The molecule has 0 N–H and O–H groups in total. The number of rotatable bonds is 4. The standard InChI is InChI=1S/C19H27N3O2/c1-3-16-14-20(2)11-12-22(16)19(24)13-15-6-8-17(9-7-15)21-10-4-5-18(21)23/h6-9,16H,3-5,10-14H2,1-2H3. The molecule has 2 aliphatic heterocycles. The van der Waals surface area contributed by atoms with E-state index in [1.54, 1.807) is 0 Å². The molecule has 0 saturated carbocycles. The van der Waals surface area contributed by atoms with Crippen LogP contribution < -0.4 is 4.90 Å². The molecule has 1 atom stereocenters. The van der Waals surface area contributed by atoms with Crippen LogP contribution in [0.15, 0.2) is 24.3 Å². The first-order valence-corrected chi connectivity index (χ1v) is 8.96. The number of amides is 2. The largest absolute Gasteiger partial charge is 0.337 e. The van der Waals surface area contributed by atoms with Crippen molar-refractivity contribution in [3.63, 3.8) is 0 Å². The van der Waals surface area contributed by atoms with E-state index in [1.165, 1.54) is 0 Å². The van der Waals surface area contributed by atoms with Crippen LogP contribution in [0.1, 0.15) is 31.7 Å². The van der Waals surface area contributed by atoms with Gasteiger partial charge in [-0.25, -0.2) is 0 Å². The Morgan fingerprint density at radius 3 is 2.54 bits per heavy atom. The second-order valence-electron chi connectivity index (χ2n) is 6.90. The van der Waals surface area contributed by atoms with Gasteiger partial charge >= 0.3 is 0 Å². The van der Waals surface area contributed by atoms with E-state index in [9.17, 15) is 9.59 Å². The summed E-state index contributed by atoms with van der Waals surface area (Å²) in [5.74, 6) is 0.405. The highest BCUT2D eigenvalue weighted by atomic mass is 16.2. The lowest BCUT2D eigenvalue weighted by atomic mass is 10.1. The fraction of sp³-hybridized carbons (Fsp3) is 0.579. The third-order valence-corrected chi connectivity index (χ3v) is 5.15. The molecule has 0 aromatic heterocycles. The first-order chi connectivity index (χ1) is 11.6. The van der Waals surface area contributed by atoms with Crippen molar-refractivity contribution in [2.75, 3.05) is 38.1 Å². The third kappa shape index (κ3) is 3.61. The van der Waals surface area contributed by atoms with E-state index in [4.69, 9.17) is 0 Å². The lowest BCUT2D eigenvalue weighted by Crippen LogP contribution is -2.54. The zero-order valence-electron chi connectivity index (χ0n) is 14.7. The second kappa shape index (κ2) is 7.34. The van der Waals surface area contributed by atoms with E-state index in [0.29, 0.717) is 18.9 Å². The number of hydrogen-bond acceptors (Lipinski definition) is 3. The van der Waals surface area contributed by atoms with Crippen molar-refractivity contribution in [3.05, 3.63) is 29.8 Å². The first-order valence-electron chi connectivity index (χ1n) is 8.96. The van der Waals surface area contributed by atoms with Crippen molar-refractivity contribution in [3.8, 4) is 0 Å². The highest BCUT2D eigenvalue weighted by molar-refractivity contribution is 5.95. The molecule has 2 heterocycles. The van der Waals surface area contributed by atoms with Crippen LogP contribution in [0.2, 0.25) is 0 Å². The van der Waals surface area contributed by atoms with Gasteiger partial charge in [0.25, 0.3) is 0 Å². The predicted octanol–water partition coefficient (Wildman–Crippen LogP) is 1.91. The molecule has 24 heavy (non-hydrogen) atoms. The lowest BCUT2D eigenvalue weighted by Gasteiger charge is -2.39. The summed E-state index contributed by atoms with van der Waals surface area (Å²) in [5.41, 5.74) is 1.96. The summed E-state index contributed by atoms with van der Waals surface area (Å²) in [6.07, 6.45) is 3.00. The van der Waals surface area contributed by atoms with Crippen molar-refractivity contribution in [1.29, 1.82) is 0 Å². The Hall–Kier alpha value is -1.88. The second-order valence-corrected chi connectivity index (χ2v) is 6.90. The fourth-order valence-corrected chi connectivity index (χ4v) is 3.68. The average molecular weight is 329 g/mol. The molecule has 1 unspecified atom stereocenters. The van der Waals surface area contributed by atoms with Gasteiger partial charge in [0.15, 0.2) is 0 Å². The van der Waals surface area contributed by atoms with Gasteiger partial charge in [-0.3, -0.25) is 9.59 Å². The van der Waals surface area contributed by atoms with Gasteiger partial charge in [-0.2, -0.15) is 0 Å². The molecule has 5 heteroatoms. The highest BCUT2D eigenvalue weighted by Gasteiger charge is 2.27. The van der Waals surface area contributed by atoms with Gasteiger partial charge in [-0.15, -0.1) is 0 Å². The van der Waals surface area contributed by atoms with Crippen LogP contribution in [0.3, 0.4) is 0 Å². The number of benzene rings is 1. The third-order valence-electron chi connectivity index (χ3n) is 5.15. The minimum Gasteiger partial charge on any atom is -0.337 e. The summed E-state index contributed by atoms with van der Waals surface area (Å²) in [5, 5.41) is 0. The summed E-state index contributed by atoms with van der Waals surface area (Å²) < 4.78 is 0. The summed E-state index contributed by atoms with van der Waals surface area (Å²) in [7, 11) is 2.11. The summed E-state index contributed by atoms with van der Waals surface area (Å²) >= 11 is 0. The maximum absolute atomic E-state index is 12.7. The molecule has 2 amide bonds. The van der Waals surface area contributed by atoms with Crippen LogP contribution in [-0.4, -0.2) is 60.9 Å². The number of anilines is 1. The fourth-order valence-electron chi connectivity index (χ4n) is 3.68. The van der Waals surface area contributed by atoms with Crippen LogP contribution >= 0.6 is 0 Å². The molecule has 0 spiro atoms. The molecule has 2 saturated heterocycles. The monoisotopic (exact) mass is 329 g/mol. The molecule has 1 aromatic carbocycles. The summed E-state index contributed by atoms with van der Waals surface area (Å²) in [6.45, 7) is 5.66. The maximum atomic E-state index is 12.7. The van der Waals surface area contributed by atoms with E-state index >= 15 is 0 Å². The quantitative estimate of drug-likeness (QED) is 0.847. The highest BCUT2D eigenvalue weighted by Crippen LogP contribution is 2.22. The number of nitrogens with zero attached hydrogens (tertiary/aromatic N) is 3. The Labute approximate surface area is 144 Å². The maximum Gasteiger partial charge on any atom is 0.227 e. The van der Waals surface area contributed by atoms with Crippen molar-refractivity contribution < 1.29 is 9.59 Å². The van der Waals surface area contributed by atoms with Gasteiger partial charge in [0.2, 0.25) is 11.8 Å². The number of carbonyl (C=O) groups is 2. The van der Waals surface area contributed by atoms with E-state index in [0.717, 1.165) is 50.3 Å². The number of hydrogen-bond donors (Lipinski definition) is 0. The molecule has 3 rings (SSSR count). The molecule has 0 aliphatic carbocycles. The lowest BCUT2D eigenvalue weighted by molar-refractivity contribution is -0.135. The Morgan fingerprint density at radius 2 is 1.92 bits per heavy atom. The van der Waals surface area contributed by atoms with Crippen molar-refractivity contribution in [1.82, 2.24) is 9.80 Å². The molecule has 2 aliphatic rings. The van der Waals surface area contributed by atoms with E-state index in [1.807, 2.05) is 34.1 Å². The van der Waals surface area contributed by atoms with Gasteiger partial charge in [-0.1, -0.05) is 19.1 Å². The first kappa shape index (κ1) is 17.0. The normalized spacial score (nSPS) is 22.2. The Kier molecular flexibility index (Phi) is 5.19. The molecule has 0 bridgehead atoms. The van der Waals surface area contributed by atoms with Crippen LogP contribution in [0.5, 0.6) is 0 Å². The average Bonchev–Trinajstić information content (AvgIpc) is 3.01. The summed E-state index contributed by atoms with van der Waals surface area (Å²) in [4.78, 5) is 30.6. The van der Waals surface area contributed by atoms with Crippen LogP contribution in [0.25, 0.3) is 0 Å². The Balaban J connectivity index is 1.63. The Morgan fingerprint density at radius 1 is 1.17 bits per heavy atom. The van der Waals surface area contributed by atoms with Crippen LogP contribution in [0.4, 0.5) is 5.69 Å². The molecule has 2 fully saturated rings. The molecular weight excluding hydrogens is 302 g/mol. The van der Waals surface area contributed by atoms with Crippen LogP contribution in [-0.2, 0) is 16.0 Å². The van der Waals surface area contributed by atoms with Gasteiger partial charge in [0.05, 0.1) is 6.42 Å². The molecular formula is C19H27N3O2. The van der Waals surface area contributed by atoms with E-state index < -0.39 is 0 Å². The smallest absolute Gasteiger partial charge is 0.227 e. The molecule has 0 radical (unpaired) electrons. The van der Waals surface area contributed by atoms with Gasteiger partial charge in [0, 0.05) is 44.3 Å². The van der Waals surface area contributed by atoms with E-state index in [2.05, 4.69) is 18.9 Å². The van der Waals surface area contributed by atoms with Crippen molar-refractivity contribution >= 4 is 17.5 Å². The number of piperazine rings is 1. The SMILES string of the molecule is CCC1CN(C)CCN1C(=O)Cc1ccc(N2CCCC2=O)cc1. The zero-order valence-corrected chi connectivity index (χ0v) is 14.7. The minimum absolute atomic E-state index is 0.196. The van der Waals surface area contributed by atoms with Gasteiger partial charge < -0.3 is 14.7 Å². The zero-order chi connectivity index (χ0) is 17.1. The molecule has 5 nitrogen and oxygen atoms in total. The van der Waals surface area contributed by atoms with Gasteiger partial charge in [0.1, 0.15) is 0 Å². The van der Waals surface area contributed by atoms with Crippen molar-refractivity contribution in [2.24, 2.45) is 0 Å². The number of likely N-dealkylation sites (N-methyl/N-ethyl adjacent to an activating group) is 1. The molecule has 1 aromatic rings. The van der Waals surface area contributed by atoms with E-state index in [-0.39, 0.29) is 11.8 Å².